The quantitative estimate of drug-likeness (QED) is 0.805. The van der Waals surface area contributed by atoms with Gasteiger partial charge in [-0.25, -0.2) is 0 Å². The van der Waals surface area contributed by atoms with E-state index in [-0.39, 0.29) is 24.2 Å². The summed E-state index contributed by atoms with van der Waals surface area (Å²) in [6.07, 6.45) is 2.60. The maximum atomic E-state index is 13.1. The normalized spacial score (nSPS) is 26.8. The lowest BCUT2D eigenvalue weighted by molar-refractivity contribution is -0.0715. The van der Waals surface area contributed by atoms with Crippen molar-refractivity contribution in [3.05, 3.63) is 23.8 Å². The Balaban J connectivity index is 1.70. The molecule has 3 rings (SSSR count). The first-order valence-corrected chi connectivity index (χ1v) is 9.42. The highest BCUT2D eigenvalue weighted by atomic mass is 16.5. The lowest BCUT2D eigenvalue weighted by Crippen LogP contribution is -2.50. The molecule has 1 aromatic rings. The Labute approximate surface area is 156 Å². The summed E-state index contributed by atoms with van der Waals surface area (Å²) >= 11 is 0. The first kappa shape index (κ1) is 19.0. The molecule has 2 aliphatic heterocycles. The third-order valence-electron chi connectivity index (χ3n) is 5.23. The Morgan fingerprint density at radius 3 is 2.50 bits per heavy atom. The highest BCUT2D eigenvalue weighted by Crippen LogP contribution is 2.29. The van der Waals surface area contributed by atoms with Gasteiger partial charge >= 0.3 is 0 Å². The van der Waals surface area contributed by atoms with Crippen molar-refractivity contribution >= 4 is 5.91 Å². The van der Waals surface area contributed by atoms with Crippen LogP contribution in [0, 0.1) is 0 Å². The fraction of sp³-hybridized carbons (Fsp3) is 0.650. The van der Waals surface area contributed by atoms with Crippen LogP contribution in [0.2, 0.25) is 0 Å². The average molecular weight is 362 g/mol. The number of hydrogen-bond donors (Lipinski definition) is 0. The number of hydrogen-bond acceptors (Lipinski definition) is 5. The molecule has 2 fully saturated rings. The number of morpholine rings is 1. The SMILES string of the molecule is COc1ccc(C(=O)N2CCC[C@@H]2CN2C[C@H](C)O[C@@H](C)C2)cc1OC. The zero-order valence-corrected chi connectivity index (χ0v) is 16.2. The molecule has 3 atom stereocenters. The fourth-order valence-corrected chi connectivity index (χ4v) is 4.16. The van der Waals surface area contributed by atoms with E-state index in [1.807, 2.05) is 11.0 Å². The summed E-state index contributed by atoms with van der Waals surface area (Å²) in [7, 11) is 3.19. The monoisotopic (exact) mass is 362 g/mol. The predicted molar refractivity (Wildman–Crippen MR) is 100 cm³/mol. The van der Waals surface area contributed by atoms with Crippen molar-refractivity contribution in [3.8, 4) is 11.5 Å². The molecular formula is C20H30N2O4. The van der Waals surface area contributed by atoms with Crippen LogP contribution in [-0.2, 0) is 4.74 Å². The molecule has 2 saturated heterocycles. The molecular weight excluding hydrogens is 332 g/mol. The average Bonchev–Trinajstić information content (AvgIpc) is 3.07. The van der Waals surface area contributed by atoms with Crippen molar-refractivity contribution in [2.45, 2.75) is 44.9 Å². The molecule has 0 spiro atoms. The molecule has 0 aliphatic carbocycles. The second-order valence-corrected chi connectivity index (χ2v) is 7.34. The van der Waals surface area contributed by atoms with E-state index in [9.17, 15) is 4.79 Å². The number of methoxy groups -OCH3 is 2. The summed E-state index contributed by atoms with van der Waals surface area (Å²) in [5, 5.41) is 0. The van der Waals surface area contributed by atoms with Crippen LogP contribution in [0.4, 0.5) is 0 Å². The third kappa shape index (κ3) is 4.13. The van der Waals surface area contributed by atoms with Gasteiger partial charge < -0.3 is 19.1 Å². The van der Waals surface area contributed by atoms with Gasteiger partial charge in [-0.1, -0.05) is 0 Å². The molecule has 1 amide bonds. The number of ether oxygens (including phenoxy) is 3. The number of carbonyl (C=O) groups is 1. The summed E-state index contributed by atoms with van der Waals surface area (Å²) in [6.45, 7) is 7.82. The molecule has 6 heteroatoms. The lowest BCUT2D eigenvalue weighted by Gasteiger charge is -2.38. The predicted octanol–water partition coefficient (Wildman–Crippen LogP) is 2.42. The molecule has 2 aliphatic rings. The van der Waals surface area contributed by atoms with Gasteiger partial charge in [0.25, 0.3) is 5.91 Å². The van der Waals surface area contributed by atoms with Gasteiger partial charge in [-0.3, -0.25) is 9.69 Å². The van der Waals surface area contributed by atoms with E-state index in [1.165, 1.54) is 0 Å². The van der Waals surface area contributed by atoms with Gasteiger partial charge in [0.15, 0.2) is 11.5 Å². The van der Waals surface area contributed by atoms with Crippen LogP contribution in [0.25, 0.3) is 0 Å². The van der Waals surface area contributed by atoms with Gasteiger partial charge in [0.2, 0.25) is 0 Å². The molecule has 0 aromatic heterocycles. The number of amides is 1. The van der Waals surface area contributed by atoms with Crippen molar-refractivity contribution in [2.24, 2.45) is 0 Å². The van der Waals surface area contributed by atoms with E-state index in [0.717, 1.165) is 39.0 Å². The largest absolute Gasteiger partial charge is 0.493 e. The molecule has 0 saturated carbocycles. The van der Waals surface area contributed by atoms with Gasteiger partial charge in [0.05, 0.1) is 26.4 Å². The van der Waals surface area contributed by atoms with Crippen LogP contribution in [0.1, 0.15) is 37.0 Å². The molecule has 2 heterocycles. The van der Waals surface area contributed by atoms with Crippen LogP contribution in [0.15, 0.2) is 18.2 Å². The molecule has 144 valence electrons. The minimum absolute atomic E-state index is 0.0720. The zero-order valence-electron chi connectivity index (χ0n) is 16.2. The van der Waals surface area contributed by atoms with Gasteiger partial charge in [-0.05, 0) is 44.9 Å². The number of nitrogens with zero attached hydrogens (tertiary/aromatic N) is 2. The molecule has 6 nitrogen and oxygen atoms in total. The Bertz CT molecular complexity index is 626. The van der Waals surface area contributed by atoms with Crippen molar-refractivity contribution in [1.82, 2.24) is 9.80 Å². The standard InChI is InChI=1S/C20H30N2O4/c1-14-11-21(12-15(2)26-14)13-17-6-5-9-22(17)20(23)16-7-8-18(24-3)19(10-16)25-4/h7-8,10,14-15,17H,5-6,9,11-13H2,1-4H3/t14-,15-,17+/m0/s1. The molecule has 0 unspecified atom stereocenters. The zero-order chi connectivity index (χ0) is 18.7. The summed E-state index contributed by atoms with van der Waals surface area (Å²) in [4.78, 5) is 17.5. The third-order valence-corrected chi connectivity index (χ3v) is 5.23. The van der Waals surface area contributed by atoms with E-state index in [0.29, 0.717) is 17.1 Å². The Morgan fingerprint density at radius 1 is 1.15 bits per heavy atom. The molecule has 26 heavy (non-hydrogen) atoms. The Kier molecular flexibility index (Phi) is 6.04. The van der Waals surface area contributed by atoms with Crippen LogP contribution in [0.3, 0.4) is 0 Å². The lowest BCUT2D eigenvalue weighted by atomic mass is 10.1. The van der Waals surface area contributed by atoms with Crippen molar-refractivity contribution in [1.29, 1.82) is 0 Å². The summed E-state index contributed by atoms with van der Waals surface area (Å²) in [5.41, 5.74) is 0.651. The fourth-order valence-electron chi connectivity index (χ4n) is 4.16. The van der Waals surface area contributed by atoms with Gasteiger partial charge in [-0.15, -0.1) is 0 Å². The van der Waals surface area contributed by atoms with Gasteiger partial charge in [-0.2, -0.15) is 0 Å². The number of carbonyl (C=O) groups excluding carboxylic acids is 1. The Hall–Kier alpha value is -1.79. The summed E-state index contributed by atoms with van der Waals surface area (Å²) < 4.78 is 16.4. The van der Waals surface area contributed by atoms with Crippen molar-refractivity contribution in [2.75, 3.05) is 40.4 Å². The first-order chi connectivity index (χ1) is 12.5. The smallest absolute Gasteiger partial charge is 0.254 e. The maximum absolute atomic E-state index is 13.1. The Morgan fingerprint density at radius 2 is 1.85 bits per heavy atom. The van der Waals surface area contributed by atoms with Crippen LogP contribution in [-0.4, -0.2) is 74.4 Å². The second-order valence-electron chi connectivity index (χ2n) is 7.34. The van der Waals surface area contributed by atoms with Gasteiger partial charge in [0, 0.05) is 37.8 Å². The molecule has 1 aromatic carbocycles. The number of rotatable bonds is 5. The molecule has 0 N–H and O–H groups in total. The first-order valence-electron chi connectivity index (χ1n) is 9.42. The summed E-state index contributed by atoms with van der Waals surface area (Å²) in [5.74, 6) is 1.30. The van der Waals surface area contributed by atoms with E-state index < -0.39 is 0 Å². The van der Waals surface area contributed by atoms with Crippen molar-refractivity contribution < 1.29 is 19.0 Å². The van der Waals surface area contributed by atoms with E-state index in [1.54, 1.807) is 26.4 Å². The van der Waals surface area contributed by atoms with Crippen LogP contribution < -0.4 is 9.47 Å². The minimum Gasteiger partial charge on any atom is -0.493 e. The van der Waals surface area contributed by atoms with Gasteiger partial charge in [0.1, 0.15) is 0 Å². The van der Waals surface area contributed by atoms with Crippen LogP contribution in [0.5, 0.6) is 11.5 Å². The number of benzene rings is 1. The number of likely N-dealkylation sites (tertiary alicyclic amines) is 1. The highest BCUT2D eigenvalue weighted by Gasteiger charge is 2.33. The second kappa shape index (κ2) is 8.27. The maximum Gasteiger partial charge on any atom is 0.254 e. The summed E-state index contributed by atoms with van der Waals surface area (Å²) in [6, 6.07) is 5.64. The van der Waals surface area contributed by atoms with E-state index in [2.05, 4.69) is 18.7 Å². The highest BCUT2D eigenvalue weighted by molar-refractivity contribution is 5.95. The van der Waals surface area contributed by atoms with E-state index >= 15 is 0 Å². The topological polar surface area (TPSA) is 51.2 Å². The molecule has 0 bridgehead atoms. The van der Waals surface area contributed by atoms with E-state index in [4.69, 9.17) is 14.2 Å². The van der Waals surface area contributed by atoms with Crippen molar-refractivity contribution in [3.63, 3.8) is 0 Å². The molecule has 0 radical (unpaired) electrons. The minimum atomic E-state index is 0.0720. The van der Waals surface area contributed by atoms with Crippen LogP contribution >= 0.6 is 0 Å².